The average molecular weight is 535 g/mol. The lowest BCUT2D eigenvalue weighted by Gasteiger charge is -2.12. The number of hydrogen-bond donors (Lipinski definition) is 4. The van der Waals surface area contributed by atoms with Crippen LogP contribution in [0.2, 0.25) is 0 Å². The predicted octanol–water partition coefficient (Wildman–Crippen LogP) is 4.74. The quantitative estimate of drug-likeness (QED) is 0.180. The topological polar surface area (TPSA) is 157 Å². The molecule has 2 aromatic heterocycles. The number of nitrogens with one attached hydrogen (secondary N) is 1. The maximum Gasteiger partial charge on any atom is 0.262 e. The van der Waals surface area contributed by atoms with Crippen molar-refractivity contribution in [2.75, 3.05) is 16.2 Å². The molecule has 186 valence electrons. The summed E-state index contributed by atoms with van der Waals surface area (Å²) < 4.78 is 43.9. The lowest BCUT2D eigenvalue weighted by atomic mass is 10.1. The molecule has 0 bridgehead atoms. The summed E-state index contributed by atoms with van der Waals surface area (Å²) in [5.74, 6) is -1.04. The van der Waals surface area contributed by atoms with Crippen molar-refractivity contribution in [1.82, 2.24) is 15.0 Å². The number of halogens is 1. The molecule has 0 aliphatic rings. The summed E-state index contributed by atoms with van der Waals surface area (Å²) in [6, 6.07) is 18.7. The number of aromatic hydroxyl groups is 1. The second-order valence-electron chi connectivity index (χ2n) is 7.86. The molecular weight excluding hydrogens is 515 g/mol. The molecule has 0 fully saturated rings. The fourth-order valence-electron chi connectivity index (χ4n) is 3.58. The standard InChI is InChI=1S/C25H19FN6O3S2/c26-21-16(7-4-8-18(21)32-37(34,35)15-9-10-20(33)17(27)13-15)22-23(19-11-12-29-25(28)30-19)36-24(31-22)14-5-2-1-3-6-14/h1-13,32-33H,27H2,(H2,28,29,30). The molecule has 0 saturated carbocycles. The molecular formula is C25H19FN6O3S2. The summed E-state index contributed by atoms with van der Waals surface area (Å²) in [4.78, 5) is 13.2. The van der Waals surface area contributed by atoms with Crippen molar-refractivity contribution in [3.63, 3.8) is 0 Å². The molecule has 0 atom stereocenters. The van der Waals surface area contributed by atoms with E-state index in [4.69, 9.17) is 16.5 Å². The second-order valence-corrected chi connectivity index (χ2v) is 10.5. The molecule has 6 N–H and O–H groups in total. The number of sulfonamides is 1. The number of hydrogen-bond acceptors (Lipinski definition) is 9. The molecule has 0 unspecified atom stereocenters. The Labute approximate surface area is 215 Å². The van der Waals surface area contributed by atoms with Crippen LogP contribution < -0.4 is 16.2 Å². The number of rotatable bonds is 6. The Bertz CT molecular complexity index is 1730. The molecule has 0 radical (unpaired) electrons. The van der Waals surface area contributed by atoms with Gasteiger partial charge in [0, 0.05) is 17.3 Å². The van der Waals surface area contributed by atoms with E-state index in [0.717, 1.165) is 17.7 Å². The Balaban J connectivity index is 1.62. The first-order valence-electron chi connectivity index (χ1n) is 10.8. The van der Waals surface area contributed by atoms with Gasteiger partial charge in [-0.1, -0.05) is 36.4 Å². The van der Waals surface area contributed by atoms with Gasteiger partial charge in [-0.3, -0.25) is 4.72 Å². The molecule has 0 aliphatic heterocycles. The van der Waals surface area contributed by atoms with Crippen molar-refractivity contribution in [2.24, 2.45) is 0 Å². The highest BCUT2D eigenvalue weighted by atomic mass is 32.2. The van der Waals surface area contributed by atoms with Crippen LogP contribution in [-0.2, 0) is 10.0 Å². The number of thiazole rings is 1. The van der Waals surface area contributed by atoms with E-state index in [1.165, 1.54) is 41.8 Å². The van der Waals surface area contributed by atoms with Crippen molar-refractivity contribution in [3.8, 4) is 38.1 Å². The third-order valence-corrected chi connectivity index (χ3v) is 7.85. The van der Waals surface area contributed by atoms with Crippen LogP contribution in [0, 0.1) is 5.82 Å². The number of aromatic nitrogens is 3. The Morgan fingerprint density at radius 2 is 1.73 bits per heavy atom. The van der Waals surface area contributed by atoms with Crippen LogP contribution in [0.1, 0.15) is 0 Å². The Kier molecular flexibility index (Phi) is 6.19. The van der Waals surface area contributed by atoms with Crippen LogP contribution in [0.15, 0.2) is 83.9 Å². The van der Waals surface area contributed by atoms with Gasteiger partial charge in [0.15, 0.2) is 5.82 Å². The van der Waals surface area contributed by atoms with Crippen LogP contribution in [0.4, 0.5) is 21.7 Å². The van der Waals surface area contributed by atoms with E-state index in [1.807, 2.05) is 30.3 Å². The normalized spacial score (nSPS) is 11.4. The van der Waals surface area contributed by atoms with E-state index >= 15 is 4.39 Å². The van der Waals surface area contributed by atoms with E-state index in [-0.39, 0.29) is 39.2 Å². The van der Waals surface area contributed by atoms with Crippen LogP contribution in [0.3, 0.4) is 0 Å². The largest absolute Gasteiger partial charge is 0.506 e. The minimum Gasteiger partial charge on any atom is -0.506 e. The lowest BCUT2D eigenvalue weighted by Crippen LogP contribution is -2.14. The van der Waals surface area contributed by atoms with E-state index < -0.39 is 15.8 Å². The summed E-state index contributed by atoms with van der Waals surface area (Å²) in [6.07, 6.45) is 1.49. The molecule has 2 heterocycles. The summed E-state index contributed by atoms with van der Waals surface area (Å²) in [5.41, 5.74) is 12.6. The minimum atomic E-state index is -4.22. The number of anilines is 3. The molecule has 0 spiro atoms. The van der Waals surface area contributed by atoms with Crippen LogP contribution >= 0.6 is 11.3 Å². The number of nitrogens with zero attached hydrogens (tertiary/aromatic N) is 3. The van der Waals surface area contributed by atoms with Crippen molar-refractivity contribution >= 4 is 38.7 Å². The molecule has 9 nitrogen and oxygen atoms in total. The van der Waals surface area contributed by atoms with Crippen molar-refractivity contribution in [3.05, 3.63) is 84.8 Å². The molecule has 0 amide bonds. The smallest absolute Gasteiger partial charge is 0.262 e. The van der Waals surface area contributed by atoms with E-state index in [9.17, 15) is 13.5 Å². The summed E-state index contributed by atoms with van der Waals surface area (Å²) in [6.45, 7) is 0. The first-order chi connectivity index (χ1) is 17.7. The summed E-state index contributed by atoms with van der Waals surface area (Å²) in [7, 11) is -4.22. The molecule has 5 rings (SSSR count). The highest BCUT2D eigenvalue weighted by molar-refractivity contribution is 7.92. The maximum atomic E-state index is 15.9. The number of phenols is 1. The first kappa shape index (κ1) is 24.2. The van der Waals surface area contributed by atoms with Gasteiger partial charge >= 0.3 is 0 Å². The van der Waals surface area contributed by atoms with Gasteiger partial charge in [-0.15, -0.1) is 11.3 Å². The Morgan fingerprint density at radius 3 is 2.46 bits per heavy atom. The highest BCUT2D eigenvalue weighted by Gasteiger charge is 2.24. The maximum absolute atomic E-state index is 15.9. The molecule has 3 aromatic carbocycles. The SMILES string of the molecule is Nc1nccc(-c2sc(-c3ccccc3)nc2-c2cccc(NS(=O)(=O)c3ccc(O)c(N)c3)c2F)n1. The van der Waals surface area contributed by atoms with Gasteiger partial charge in [-0.25, -0.2) is 27.8 Å². The van der Waals surface area contributed by atoms with E-state index in [2.05, 4.69) is 14.7 Å². The number of benzene rings is 3. The van der Waals surface area contributed by atoms with Crippen molar-refractivity contribution in [2.45, 2.75) is 4.90 Å². The monoisotopic (exact) mass is 534 g/mol. The van der Waals surface area contributed by atoms with E-state index in [0.29, 0.717) is 15.6 Å². The molecule has 0 aliphatic carbocycles. The fourth-order valence-corrected chi connectivity index (χ4v) is 5.73. The van der Waals surface area contributed by atoms with Gasteiger partial charge in [0.25, 0.3) is 10.0 Å². The zero-order valence-corrected chi connectivity index (χ0v) is 20.6. The minimum absolute atomic E-state index is 0.0493. The number of phenolic OH excluding ortho intramolecular Hbond substituents is 1. The number of nitrogens with two attached hydrogens (primary N) is 2. The van der Waals surface area contributed by atoms with E-state index in [1.54, 1.807) is 6.07 Å². The third kappa shape index (κ3) is 4.79. The highest BCUT2D eigenvalue weighted by Crippen LogP contribution is 2.42. The molecule has 5 aromatic rings. The first-order valence-corrected chi connectivity index (χ1v) is 13.1. The average Bonchev–Trinajstić information content (AvgIpc) is 3.33. The van der Waals surface area contributed by atoms with Crippen LogP contribution in [0.5, 0.6) is 5.75 Å². The fraction of sp³-hybridized carbons (Fsp3) is 0. The molecule has 0 saturated heterocycles. The zero-order chi connectivity index (χ0) is 26.2. The van der Waals surface area contributed by atoms with Crippen LogP contribution in [0.25, 0.3) is 32.4 Å². The van der Waals surface area contributed by atoms with Gasteiger partial charge in [-0.2, -0.15) is 0 Å². The number of nitrogen functional groups attached to an aromatic ring is 2. The summed E-state index contributed by atoms with van der Waals surface area (Å²) in [5, 5.41) is 10.2. The Hall–Kier alpha value is -4.55. The molecule has 37 heavy (non-hydrogen) atoms. The van der Waals surface area contributed by atoms with Gasteiger partial charge < -0.3 is 16.6 Å². The van der Waals surface area contributed by atoms with Gasteiger partial charge in [-0.05, 0) is 36.4 Å². The predicted molar refractivity (Wildman–Crippen MR) is 142 cm³/mol. The zero-order valence-electron chi connectivity index (χ0n) is 19.0. The van der Waals surface area contributed by atoms with Gasteiger partial charge in [0.2, 0.25) is 5.95 Å². The lowest BCUT2D eigenvalue weighted by molar-refractivity contribution is 0.477. The van der Waals surface area contributed by atoms with Crippen molar-refractivity contribution in [1.29, 1.82) is 0 Å². The van der Waals surface area contributed by atoms with Crippen molar-refractivity contribution < 1.29 is 17.9 Å². The Morgan fingerprint density at radius 1 is 0.946 bits per heavy atom. The second kappa shape index (κ2) is 9.48. The molecule has 12 heteroatoms. The van der Waals surface area contributed by atoms with Crippen LogP contribution in [-0.4, -0.2) is 28.5 Å². The summed E-state index contributed by atoms with van der Waals surface area (Å²) >= 11 is 1.30. The third-order valence-electron chi connectivity index (χ3n) is 5.36. The van der Waals surface area contributed by atoms with Gasteiger partial charge in [0.05, 0.1) is 32.5 Å². The van der Waals surface area contributed by atoms with Gasteiger partial charge in [0.1, 0.15) is 10.8 Å².